The minimum Gasteiger partial charge on any atom is -0.478 e. The maximum Gasteiger partial charge on any atom is 0.335 e. The molecular weight excluding hydrogens is 246 g/mol. The molecule has 3 rings (SSSR count). The van der Waals surface area contributed by atoms with Crippen molar-refractivity contribution in [2.75, 3.05) is 5.73 Å². The Hall–Kier alpha value is -2.96. The van der Waals surface area contributed by atoms with Crippen LogP contribution in [0.5, 0.6) is 0 Å². The lowest BCUT2D eigenvalue weighted by molar-refractivity contribution is 0.0697. The summed E-state index contributed by atoms with van der Waals surface area (Å²) in [5.41, 5.74) is 7.53. The van der Waals surface area contributed by atoms with Crippen molar-refractivity contribution >= 4 is 17.6 Å². The van der Waals surface area contributed by atoms with Gasteiger partial charge in [-0.25, -0.2) is 9.31 Å². The lowest BCUT2D eigenvalue weighted by Gasteiger charge is -2.02. The molecule has 1 aromatic carbocycles. The zero-order chi connectivity index (χ0) is 13.4. The topological polar surface area (TPSA) is 106 Å². The molecule has 3 N–H and O–H groups in total. The Morgan fingerprint density at radius 1 is 1.37 bits per heavy atom. The number of carboxylic acid groups (broad SMARTS) is 1. The number of rotatable bonds is 2. The van der Waals surface area contributed by atoms with Crippen LogP contribution in [0.1, 0.15) is 10.4 Å². The van der Waals surface area contributed by atoms with Gasteiger partial charge in [-0.15, -0.1) is 5.10 Å². The van der Waals surface area contributed by atoms with Crippen LogP contribution in [0.4, 0.5) is 5.95 Å². The van der Waals surface area contributed by atoms with Crippen molar-refractivity contribution in [2.45, 2.75) is 0 Å². The minimum absolute atomic E-state index is 0.165. The highest BCUT2D eigenvalue weighted by Crippen LogP contribution is 2.18. The Kier molecular flexibility index (Phi) is 2.38. The molecule has 0 atom stereocenters. The molecule has 19 heavy (non-hydrogen) atoms. The van der Waals surface area contributed by atoms with Gasteiger partial charge in [0.2, 0.25) is 5.95 Å². The van der Waals surface area contributed by atoms with Gasteiger partial charge in [0, 0.05) is 5.56 Å². The monoisotopic (exact) mass is 255 g/mol. The molecule has 0 spiro atoms. The Balaban J connectivity index is 2.12. The first kappa shape index (κ1) is 11.1. The van der Waals surface area contributed by atoms with E-state index in [1.807, 2.05) is 0 Å². The number of anilines is 1. The molecule has 0 saturated heterocycles. The summed E-state index contributed by atoms with van der Waals surface area (Å²) >= 11 is 0. The number of fused-ring (bicyclic) bond motifs is 1. The molecule has 0 amide bonds. The van der Waals surface area contributed by atoms with E-state index in [0.717, 1.165) is 0 Å². The molecule has 7 nitrogen and oxygen atoms in total. The average Bonchev–Trinajstić information content (AvgIpc) is 2.77. The highest BCUT2D eigenvalue weighted by molar-refractivity contribution is 5.89. The molecule has 7 heteroatoms. The molecule has 94 valence electrons. The maximum atomic E-state index is 10.9. The first-order chi connectivity index (χ1) is 9.13. The van der Waals surface area contributed by atoms with E-state index >= 15 is 0 Å². The smallest absolute Gasteiger partial charge is 0.335 e. The van der Waals surface area contributed by atoms with Crippen LogP contribution in [-0.4, -0.2) is 30.7 Å². The summed E-state index contributed by atoms with van der Waals surface area (Å²) in [6.45, 7) is 0. The second-order valence-corrected chi connectivity index (χ2v) is 3.93. The van der Waals surface area contributed by atoms with Gasteiger partial charge < -0.3 is 10.8 Å². The summed E-state index contributed by atoms with van der Waals surface area (Å²) in [7, 11) is 0. The summed E-state index contributed by atoms with van der Waals surface area (Å²) in [5, 5.41) is 13.0. The van der Waals surface area contributed by atoms with Gasteiger partial charge in [0.25, 0.3) is 0 Å². The van der Waals surface area contributed by atoms with Crippen LogP contribution >= 0.6 is 0 Å². The van der Waals surface area contributed by atoms with Gasteiger partial charge in [-0.05, 0) is 12.1 Å². The third-order valence-electron chi connectivity index (χ3n) is 2.64. The first-order valence-corrected chi connectivity index (χ1v) is 5.45. The minimum atomic E-state index is -0.979. The van der Waals surface area contributed by atoms with E-state index in [2.05, 4.69) is 15.1 Å². The molecule has 0 bridgehead atoms. The van der Waals surface area contributed by atoms with E-state index in [4.69, 9.17) is 10.8 Å². The van der Waals surface area contributed by atoms with Crippen molar-refractivity contribution in [2.24, 2.45) is 0 Å². The van der Waals surface area contributed by atoms with Gasteiger partial charge in [-0.1, -0.05) is 12.1 Å². The zero-order valence-corrected chi connectivity index (χ0v) is 9.69. The van der Waals surface area contributed by atoms with Crippen molar-refractivity contribution in [3.8, 4) is 11.3 Å². The van der Waals surface area contributed by atoms with E-state index in [-0.39, 0.29) is 11.5 Å². The largest absolute Gasteiger partial charge is 0.478 e. The molecular formula is C12H9N5O2. The number of benzene rings is 1. The number of carboxylic acids is 1. The van der Waals surface area contributed by atoms with E-state index in [1.165, 1.54) is 16.8 Å². The third kappa shape index (κ3) is 1.97. The number of aromatic nitrogens is 4. The highest BCUT2D eigenvalue weighted by atomic mass is 16.4. The second-order valence-electron chi connectivity index (χ2n) is 3.93. The summed E-state index contributed by atoms with van der Waals surface area (Å²) < 4.78 is 1.51. The fourth-order valence-corrected chi connectivity index (χ4v) is 1.77. The van der Waals surface area contributed by atoms with Crippen LogP contribution < -0.4 is 5.73 Å². The summed E-state index contributed by atoms with van der Waals surface area (Å²) in [5.74, 6) is -0.814. The fourth-order valence-electron chi connectivity index (χ4n) is 1.77. The Bertz CT molecular complexity index is 781. The number of carbonyl (C=O) groups is 1. The van der Waals surface area contributed by atoms with Crippen LogP contribution in [0.25, 0.3) is 16.9 Å². The van der Waals surface area contributed by atoms with Crippen molar-refractivity contribution in [3.05, 3.63) is 42.2 Å². The van der Waals surface area contributed by atoms with Gasteiger partial charge in [0.05, 0.1) is 23.7 Å². The Morgan fingerprint density at radius 2 is 2.21 bits per heavy atom. The van der Waals surface area contributed by atoms with Crippen LogP contribution in [-0.2, 0) is 0 Å². The highest BCUT2D eigenvalue weighted by Gasteiger charge is 2.07. The summed E-state index contributed by atoms with van der Waals surface area (Å²) in [4.78, 5) is 19.1. The first-order valence-electron chi connectivity index (χ1n) is 5.45. The van der Waals surface area contributed by atoms with E-state index in [0.29, 0.717) is 16.9 Å². The molecule has 3 aromatic rings. The van der Waals surface area contributed by atoms with Crippen molar-refractivity contribution in [3.63, 3.8) is 0 Å². The van der Waals surface area contributed by atoms with E-state index in [1.54, 1.807) is 24.4 Å². The van der Waals surface area contributed by atoms with Gasteiger partial charge >= 0.3 is 5.97 Å². The van der Waals surface area contributed by atoms with Crippen LogP contribution in [0.2, 0.25) is 0 Å². The molecule has 0 radical (unpaired) electrons. The van der Waals surface area contributed by atoms with Crippen LogP contribution in [0.15, 0.2) is 36.7 Å². The summed E-state index contributed by atoms with van der Waals surface area (Å²) in [6, 6.07) is 6.52. The normalized spacial score (nSPS) is 10.7. The zero-order valence-electron chi connectivity index (χ0n) is 9.69. The maximum absolute atomic E-state index is 10.9. The molecule has 0 unspecified atom stereocenters. The number of nitrogen functional groups attached to an aromatic ring is 1. The average molecular weight is 255 g/mol. The second kappa shape index (κ2) is 4.05. The molecule has 0 saturated carbocycles. The third-order valence-corrected chi connectivity index (χ3v) is 2.64. The number of nitrogens with two attached hydrogens (primary N) is 1. The fraction of sp³-hybridized carbons (Fsp3) is 0. The van der Waals surface area contributed by atoms with Crippen molar-refractivity contribution in [1.82, 2.24) is 19.6 Å². The molecule has 0 aliphatic carbocycles. The molecule has 0 fully saturated rings. The number of hydrogen-bond acceptors (Lipinski definition) is 5. The van der Waals surface area contributed by atoms with Crippen LogP contribution in [0, 0.1) is 0 Å². The Labute approximate surface area is 107 Å². The van der Waals surface area contributed by atoms with Gasteiger partial charge in [-0.2, -0.15) is 4.98 Å². The van der Waals surface area contributed by atoms with Crippen LogP contribution in [0.3, 0.4) is 0 Å². The SMILES string of the molecule is Nc1nc2cnc(-c3cccc(C(=O)O)c3)cn2n1. The molecule has 2 heterocycles. The molecule has 0 aliphatic rings. The lowest BCUT2D eigenvalue weighted by atomic mass is 10.1. The van der Waals surface area contributed by atoms with E-state index in [9.17, 15) is 4.79 Å². The predicted octanol–water partition coefficient (Wildman–Crippen LogP) is 1.07. The number of hydrogen-bond donors (Lipinski definition) is 2. The van der Waals surface area contributed by atoms with Gasteiger partial charge in [0.1, 0.15) is 0 Å². The lowest BCUT2D eigenvalue weighted by Crippen LogP contribution is -1.97. The quantitative estimate of drug-likeness (QED) is 0.709. The molecule has 2 aromatic heterocycles. The van der Waals surface area contributed by atoms with Crippen molar-refractivity contribution < 1.29 is 9.90 Å². The number of aromatic carboxylic acids is 1. The van der Waals surface area contributed by atoms with Gasteiger partial charge in [0.15, 0.2) is 5.65 Å². The van der Waals surface area contributed by atoms with Gasteiger partial charge in [-0.3, -0.25) is 4.98 Å². The van der Waals surface area contributed by atoms with Crippen molar-refractivity contribution in [1.29, 1.82) is 0 Å². The standard InChI is InChI=1S/C12H9N5O2/c13-12-15-10-5-14-9(6-17(10)16-12)7-2-1-3-8(4-7)11(18)19/h1-6H,(H2,13,16)(H,18,19). The van der Waals surface area contributed by atoms with E-state index < -0.39 is 5.97 Å². The Morgan fingerprint density at radius 3 is 3.00 bits per heavy atom. The summed E-state index contributed by atoms with van der Waals surface area (Å²) in [6.07, 6.45) is 3.19. The number of nitrogens with zero attached hydrogens (tertiary/aromatic N) is 4. The predicted molar refractivity (Wildman–Crippen MR) is 67.6 cm³/mol. The molecule has 0 aliphatic heterocycles.